The number of thioether (sulfide) groups is 1. The van der Waals surface area contributed by atoms with Gasteiger partial charge in [-0.15, -0.1) is 11.8 Å². The molecule has 1 heteroatoms. The molecule has 0 heterocycles. The Bertz CT molecular complexity index is 345. The van der Waals surface area contributed by atoms with E-state index in [9.17, 15) is 0 Å². The van der Waals surface area contributed by atoms with E-state index in [-0.39, 0.29) is 5.41 Å². The van der Waals surface area contributed by atoms with Crippen molar-refractivity contribution in [3.05, 3.63) is 29.3 Å². The second-order valence-corrected chi connectivity index (χ2v) is 6.86. The number of benzene rings is 1. The molecule has 0 aliphatic carbocycles. The Morgan fingerprint density at radius 1 is 1.19 bits per heavy atom. The maximum atomic E-state index is 2.30. The highest BCUT2D eigenvalue weighted by Gasteiger charge is 2.21. The molecule has 0 aliphatic heterocycles. The summed E-state index contributed by atoms with van der Waals surface area (Å²) >= 11 is 1.96. The number of hydrogen-bond donors (Lipinski definition) is 0. The summed E-state index contributed by atoms with van der Waals surface area (Å²) in [6.07, 6.45) is 0. The Morgan fingerprint density at radius 3 is 2.25 bits per heavy atom. The summed E-state index contributed by atoms with van der Waals surface area (Å²) in [6.45, 7) is 13.7. The molecule has 0 saturated carbocycles. The molecule has 0 atom stereocenters. The van der Waals surface area contributed by atoms with Gasteiger partial charge in [0.2, 0.25) is 0 Å². The average molecular weight is 236 g/mol. The first kappa shape index (κ1) is 13.6. The fourth-order valence-corrected chi connectivity index (χ4v) is 3.06. The summed E-state index contributed by atoms with van der Waals surface area (Å²) in [5, 5.41) is 0. The zero-order valence-corrected chi connectivity index (χ0v) is 12.2. The number of rotatable bonds is 3. The fourth-order valence-electron chi connectivity index (χ4n) is 2.07. The Labute approximate surface area is 105 Å². The number of hydrogen-bond acceptors (Lipinski definition) is 1. The molecule has 16 heavy (non-hydrogen) atoms. The lowest BCUT2D eigenvalue weighted by atomic mass is 9.81. The average Bonchev–Trinajstić information content (AvgIpc) is 2.16. The van der Waals surface area contributed by atoms with Crippen molar-refractivity contribution in [2.75, 3.05) is 5.75 Å². The first-order chi connectivity index (χ1) is 7.38. The highest BCUT2D eigenvalue weighted by Crippen LogP contribution is 2.36. The molecule has 0 fully saturated rings. The van der Waals surface area contributed by atoms with Gasteiger partial charge in [-0.1, -0.05) is 53.7 Å². The minimum Gasteiger partial charge on any atom is -0.126 e. The molecule has 0 aliphatic rings. The third kappa shape index (κ3) is 3.04. The lowest BCUT2D eigenvalue weighted by Gasteiger charge is -2.26. The van der Waals surface area contributed by atoms with Crippen molar-refractivity contribution < 1.29 is 0 Å². The topological polar surface area (TPSA) is 0 Å². The molecule has 0 radical (unpaired) electrons. The van der Waals surface area contributed by atoms with Crippen LogP contribution in [0.15, 0.2) is 23.1 Å². The molecular formula is C15H24S. The van der Waals surface area contributed by atoms with Gasteiger partial charge in [-0.2, -0.15) is 0 Å². The van der Waals surface area contributed by atoms with Crippen LogP contribution >= 0.6 is 11.8 Å². The predicted molar refractivity (Wildman–Crippen MR) is 75.6 cm³/mol. The third-order valence-electron chi connectivity index (χ3n) is 2.75. The monoisotopic (exact) mass is 236 g/mol. The normalized spacial score (nSPS) is 12.2. The second kappa shape index (κ2) is 5.27. The van der Waals surface area contributed by atoms with Gasteiger partial charge in [-0.25, -0.2) is 0 Å². The van der Waals surface area contributed by atoms with E-state index in [0.717, 1.165) is 5.75 Å². The van der Waals surface area contributed by atoms with E-state index in [4.69, 9.17) is 0 Å². The van der Waals surface area contributed by atoms with Crippen molar-refractivity contribution in [1.82, 2.24) is 0 Å². The quantitative estimate of drug-likeness (QED) is 0.648. The molecule has 0 unspecified atom stereocenters. The van der Waals surface area contributed by atoms with Crippen LogP contribution in [0, 0.1) is 0 Å². The van der Waals surface area contributed by atoms with Gasteiger partial charge in [0.1, 0.15) is 0 Å². The summed E-state index contributed by atoms with van der Waals surface area (Å²) in [5.41, 5.74) is 3.28. The van der Waals surface area contributed by atoms with Crippen LogP contribution in [-0.2, 0) is 5.41 Å². The van der Waals surface area contributed by atoms with Crippen molar-refractivity contribution in [2.45, 2.75) is 57.8 Å². The van der Waals surface area contributed by atoms with Crippen LogP contribution in [0.3, 0.4) is 0 Å². The highest BCUT2D eigenvalue weighted by molar-refractivity contribution is 7.99. The molecule has 1 rings (SSSR count). The maximum absolute atomic E-state index is 2.30. The van der Waals surface area contributed by atoms with Gasteiger partial charge in [-0.3, -0.25) is 0 Å². The summed E-state index contributed by atoms with van der Waals surface area (Å²) < 4.78 is 0. The van der Waals surface area contributed by atoms with Crippen molar-refractivity contribution in [2.24, 2.45) is 0 Å². The van der Waals surface area contributed by atoms with Crippen LogP contribution in [0.1, 0.15) is 58.6 Å². The van der Waals surface area contributed by atoms with Crippen molar-refractivity contribution >= 4 is 11.8 Å². The van der Waals surface area contributed by atoms with Crippen molar-refractivity contribution in [3.8, 4) is 0 Å². The fraction of sp³-hybridized carbons (Fsp3) is 0.600. The van der Waals surface area contributed by atoms with E-state index in [0.29, 0.717) is 5.92 Å². The summed E-state index contributed by atoms with van der Waals surface area (Å²) in [4.78, 5) is 1.46. The van der Waals surface area contributed by atoms with E-state index in [1.807, 2.05) is 11.8 Å². The molecule has 0 amide bonds. The zero-order valence-electron chi connectivity index (χ0n) is 11.4. The van der Waals surface area contributed by atoms with E-state index in [1.54, 1.807) is 5.56 Å². The van der Waals surface area contributed by atoms with E-state index in [2.05, 4.69) is 59.7 Å². The van der Waals surface area contributed by atoms with Gasteiger partial charge in [0.05, 0.1) is 0 Å². The highest BCUT2D eigenvalue weighted by atomic mass is 32.2. The van der Waals surface area contributed by atoms with Crippen LogP contribution in [0.4, 0.5) is 0 Å². The first-order valence-electron chi connectivity index (χ1n) is 6.14. The van der Waals surface area contributed by atoms with Crippen LogP contribution in [-0.4, -0.2) is 5.75 Å². The molecule has 90 valence electrons. The van der Waals surface area contributed by atoms with Crippen LogP contribution in [0.2, 0.25) is 0 Å². The Kier molecular flexibility index (Phi) is 4.49. The van der Waals surface area contributed by atoms with Gasteiger partial charge in [-0.05, 0) is 34.3 Å². The van der Waals surface area contributed by atoms with Gasteiger partial charge < -0.3 is 0 Å². The Morgan fingerprint density at radius 2 is 1.81 bits per heavy atom. The first-order valence-corrected chi connectivity index (χ1v) is 7.12. The largest absolute Gasteiger partial charge is 0.126 e. The Balaban J connectivity index is 3.33. The van der Waals surface area contributed by atoms with Gasteiger partial charge in [0.15, 0.2) is 0 Å². The molecule has 0 aromatic heterocycles. The second-order valence-electron chi connectivity index (χ2n) is 5.56. The Hall–Kier alpha value is -0.430. The predicted octanol–water partition coefficient (Wildman–Crippen LogP) is 5.22. The molecule has 1 aromatic rings. The van der Waals surface area contributed by atoms with Gasteiger partial charge in [0.25, 0.3) is 0 Å². The molecule has 1 aromatic carbocycles. The van der Waals surface area contributed by atoms with Gasteiger partial charge >= 0.3 is 0 Å². The summed E-state index contributed by atoms with van der Waals surface area (Å²) in [6, 6.07) is 6.75. The smallest absolute Gasteiger partial charge is 0.0109 e. The van der Waals surface area contributed by atoms with Crippen LogP contribution in [0.25, 0.3) is 0 Å². The standard InChI is InChI=1S/C15H24S/c1-7-16-13-10-8-9-12(15(4,5)6)14(13)11(2)3/h8-11H,7H2,1-6H3. The maximum Gasteiger partial charge on any atom is 0.0109 e. The molecule has 0 nitrogen and oxygen atoms in total. The molecule has 0 spiro atoms. The SMILES string of the molecule is CCSc1cccc(C(C)(C)C)c1C(C)C. The third-order valence-corrected chi connectivity index (χ3v) is 3.71. The molecule has 0 saturated heterocycles. The molecule has 0 bridgehead atoms. The van der Waals surface area contributed by atoms with Crippen molar-refractivity contribution in [1.29, 1.82) is 0 Å². The lowest BCUT2D eigenvalue weighted by molar-refractivity contribution is 0.573. The zero-order chi connectivity index (χ0) is 12.3. The van der Waals surface area contributed by atoms with E-state index in [1.165, 1.54) is 10.5 Å². The van der Waals surface area contributed by atoms with E-state index >= 15 is 0 Å². The van der Waals surface area contributed by atoms with Crippen LogP contribution in [0.5, 0.6) is 0 Å². The summed E-state index contributed by atoms with van der Waals surface area (Å²) in [7, 11) is 0. The minimum atomic E-state index is 0.240. The van der Waals surface area contributed by atoms with Crippen LogP contribution < -0.4 is 0 Å². The molecular weight excluding hydrogens is 212 g/mol. The van der Waals surface area contributed by atoms with Gasteiger partial charge in [0, 0.05) is 4.90 Å². The minimum absolute atomic E-state index is 0.240. The summed E-state index contributed by atoms with van der Waals surface area (Å²) in [5.74, 6) is 1.75. The van der Waals surface area contributed by atoms with E-state index < -0.39 is 0 Å². The molecule has 0 N–H and O–H groups in total. The van der Waals surface area contributed by atoms with Crippen molar-refractivity contribution in [3.63, 3.8) is 0 Å². The lowest BCUT2D eigenvalue weighted by Crippen LogP contribution is -2.15.